The summed E-state index contributed by atoms with van der Waals surface area (Å²) in [6.07, 6.45) is 5.01. The number of benzene rings is 2. The number of rotatable bonds is 5. The van der Waals surface area contributed by atoms with Gasteiger partial charge in [-0.3, -0.25) is 4.79 Å². The molecule has 4 heteroatoms. The van der Waals surface area contributed by atoms with Crippen molar-refractivity contribution in [2.75, 3.05) is 12.4 Å². The van der Waals surface area contributed by atoms with Gasteiger partial charge in [0.1, 0.15) is 17.4 Å². The minimum Gasteiger partial charge on any atom is -0.497 e. The highest BCUT2D eigenvalue weighted by Crippen LogP contribution is 2.15. The Morgan fingerprint density at radius 2 is 1.83 bits per heavy atom. The van der Waals surface area contributed by atoms with Crippen LogP contribution in [0.25, 0.3) is 6.08 Å². The second-order valence-corrected chi connectivity index (χ2v) is 4.64. The molecule has 0 aliphatic carbocycles. The quantitative estimate of drug-likeness (QED) is 0.519. The fourth-order valence-corrected chi connectivity index (χ4v) is 1.86. The topological polar surface area (TPSA) is 62.1 Å². The number of nitrogens with one attached hydrogen (secondary N) is 1. The third kappa shape index (κ3) is 4.87. The summed E-state index contributed by atoms with van der Waals surface area (Å²) in [6, 6.07) is 18.5. The summed E-state index contributed by atoms with van der Waals surface area (Å²) >= 11 is 0. The summed E-state index contributed by atoms with van der Waals surface area (Å²) in [7, 11) is 1.57. The number of allylic oxidation sites excluding steroid dienone is 2. The van der Waals surface area contributed by atoms with Crippen LogP contribution in [-0.2, 0) is 4.79 Å². The van der Waals surface area contributed by atoms with Gasteiger partial charge in [0, 0.05) is 5.69 Å². The first-order valence-electron chi connectivity index (χ1n) is 7.02. The maximum absolute atomic E-state index is 12.1. The van der Waals surface area contributed by atoms with E-state index in [1.54, 1.807) is 37.5 Å². The molecule has 0 aliphatic rings. The molecule has 2 rings (SSSR count). The predicted octanol–water partition coefficient (Wildman–Crippen LogP) is 3.80. The predicted molar refractivity (Wildman–Crippen MR) is 90.8 cm³/mol. The van der Waals surface area contributed by atoms with E-state index in [4.69, 9.17) is 10.00 Å². The number of ether oxygens (including phenoxy) is 1. The third-order valence-corrected chi connectivity index (χ3v) is 3.06. The highest BCUT2D eigenvalue weighted by atomic mass is 16.5. The smallest absolute Gasteiger partial charge is 0.266 e. The van der Waals surface area contributed by atoms with Gasteiger partial charge in [-0.05, 0) is 35.9 Å². The molecule has 23 heavy (non-hydrogen) atoms. The molecule has 0 atom stereocenters. The molecule has 0 spiro atoms. The summed E-state index contributed by atoms with van der Waals surface area (Å²) in [6.45, 7) is 0. The van der Waals surface area contributed by atoms with Gasteiger partial charge in [0.25, 0.3) is 5.91 Å². The molecule has 0 aromatic heterocycles. The Kier molecular flexibility index (Phi) is 5.73. The average molecular weight is 304 g/mol. The van der Waals surface area contributed by atoms with E-state index in [9.17, 15) is 4.79 Å². The van der Waals surface area contributed by atoms with Crippen LogP contribution in [-0.4, -0.2) is 13.0 Å². The lowest BCUT2D eigenvalue weighted by molar-refractivity contribution is -0.112. The van der Waals surface area contributed by atoms with Crippen molar-refractivity contribution >= 4 is 17.7 Å². The first-order valence-corrected chi connectivity index (χ1v) is 7.02. The number of methoxy groups -OCH3 is 1. The number of carbonyl (C=O) groups is 1. The minimum absolute atomic E-state index is 0.0352. The van der Waals surface area contributed by atoms with E-state index in [-0.39, 0.29) is 5.57 Å². The first kappa shape index (κ1) is 16.1. The molecule has 4 nitrogen and oxygen atoms in total. The van der Waals surface area contributed by atoms with Gasteiger partial charge in [0.15, 0.2) is 0 Å². The standard InChI is InChI=1S/C19H16N2O2/c1-23-18-12-10-17(11-13-18)21-19(22)16(14-20)9-5-8-15-6-3-2-4-7-15/h2-13H,1H3,(H,21,22)/b8-5+,16-9+. The normalized spacial score (nSPS) is 11.0. The van der Waals surface area contributed by atoms with Gasteiger partial charge >= 0.3 is 0 Å². The van der Waals surface area contributed by atoms with E-state index in [0.29, 0.717) is 11.4 Å². The van der Waals surface area contributed by atoms with Gasteiger partial charge in [0.2, 0.25) is 0 Å². The van der Waals surface area contributed by atoms with Crippen LogP contribution >= 0.6 is 0 Å². The van der Waals surface area contributed by atoms with Crippen molar-refractivity contribution in [2.24, 2.45) is 0 Å². The number of hydrogen-bond acceptors (Lipinski definition) is 3. The third-order valence-electron chi connectivity index (χ3n) is 3.06. The summed E-state index contributed by atoms with van der Waals surface area (Å²) in [5, 5.41) is 11.8. The lowest BCUT2D eigenvalue weighted by Crippen LogP contribution is -2.13. The SMILES string of the molecule is COc1ccc(NC(=O)/C(C#N)=C/C=C/c2ccccc2)cc1. The van der Waals surface area contributed by atoms with Crippen molar-refractivity contribution in [1.82, 2.24) is 0 Å². The Morgan fingerprint density at radius 1 is 1.13 bits per heavy atom. The van der Waals surface area contributed by atoms with Crippen LogP contribution in [0.3, 0.4) is 0 Å². The largest absolute Gasteiger partial charge is 0.497 e. The van der Waals surface area contributed by atoms with Gasteiger partial charge in [-0.25, -0.2) is 0 Å². The summed E-state index contributed by atoms with van der Waals surface area (Å²) in [5.74, 6) is 0.250. The monoisotopic (exact) mass is 304 g/mol. The van der Waals surface area contributed by atoms with E-state index >= 15 is 0 Å². The molecule has 0 saturated carbocycles. The van der Waals surface area contributed by atoms with Gasteiger partial charge in [-0.15, -0.1) is 0 Å². The van der Waals surface area contributed by atoms with Crippen molar-refractivity contribution in [3.05, 3.63) is 77.9 Å². The van der Waals surface area contributed by atoms with E-state index in [1.165, 1.54) is 6.08 Å². The molecule has 0 heterocycles. The van der Waals surface area contributed by atoms with E-state index in [1.807, 2.05) is 42.5 Å². The highest BCUT2D eigenvalue weighted by molar-refractivity contribution is 6.06. The lowest BCUT2D eigenvalue weighted by atomic mass is 10.2. The molecule has 1 N–H and O–H groups in total. The zero-order valence-electron chi connectivity index (χ0n) is 12.7. The molecule has 0 radical (unpaired) electrons. The molecule has 0 saturated heterocycles. The maximum Gasteiger partial charge on any atom is 0.266 e. The number of nitrogens with zero attached hydrogens (tertiary/aromatic N) is 1. The van der Waals surface area contributed by atoms with Crippen molar-refractivity contribution in [2.45, 2.75) is 0 Å². The van der Waals surface area contributed by atoms with Gasteiger partial charge in [-0.2, -0.15) is 5.26 Å². The highest BCUT2D eigenvalue weighted by Gasteiger charge is 2.08. The number of hydrogen-bond donors (Lipinski definition) is 1. The minimum atomic E-state index is -0.449. The van der Waals surface area contributed by atoms with Crippen molar-refractivity contribution in [3.63, 3.8) is 0 Å². The molecule has 2 aromatic rings. The summed E-state index contributed by atoms with van der Waals surface area (Å²) in [5.41, 5.74) is 1.63. The lowest BCUT2D eigenvalue weighted by Gasteiger charge is -2.05. The van der Waals surface area contributed by atoms with Crippen molar-refractivity contribution in [1.29, 1.82) is 5.26 Å². The number of carbonyl (C=O) groups excluding carboxylic acids is 1. The molecule has 1 amide bonds. The van der Waals surface area contributed by atoms with Crippen LogP contribution in [0.2, 0.25) is 0 Å². The maximum atomic E-state index is 12.1. The fraction of sp³-hybridized carbons (Fsp3) is 0.0526. The molecule has 0 fully saturated rings. The van der Waals surface area contributed by atoms with E-state index in [2.05, 4.69) is 5.32 Å². The molecular weight excluding hydrogens is 288 g/mol. The Bertz CT molecular complexity index is 754. The summed E-state index contributed by atoms with van der Waals surface area (Å²) < 4.78 is 5.05. The van der Waals surface area contributed by atoms with Gasteiger partial charge < -0.3 is 10.1 Å². The molecule has 0 bridgehead atoms. The van der Waals surface area contributed by atoms with E-state index < -0.39 is 5.91 Å². The Labute approximate surface area is 135 Å². The van der Waals surface area contributed by atoms with E-state index in [0.717, 1.165) is 5.56 Å². The van der Waals surface area contributed by atoms with Crippen molar-refractivity contribution < 1.29 is 9.53 Å². The van der Waals surface area contributed by atoms with Crippen LogP contribution in [0.4, 0.5) is 5.69 Å². The molecule has 114 valence electrons. The molecule has 0 unspecified atom stereocenters. The zero-order valence-corrected chi connectivity index (χ0v) is 12.7. The summed E-state index contributed by atoms with van der Waals surface area (Å²) in [4.78, 5) is 12.1. The van der Waals surface area contributed by atoms with Crippen LogP contribution in [0.1, 0.15) is 5.56 Å². The molecule has 0 aliphatic heterocycles. The van der Waals surface area contributed by atoms with Gasteiger partial charge in [0.05, 0.1) is 7.11 Å². The Hall–Kier alpha value is -3.32. The van der Waals surface area contributed by atoms with Crippen LogP contribution in [0.5, 0.6) is 5.75 Å². The molecule has 2 aromatic carbocycles. The Balaban J connectivity index is 2.04. The Morgan fingerprint density at radius 3 is 2.43 bits per heavy atom. The van der Waals surface area contributed by atoms with Crippen LogP contribution < -0.4 is 10.1 Å². The van der Waals surface area contributed by atoms with Gasteiger partial charge in [-0.1, -0.05) is 42.5 Å². The number of nitriles is 1. The second kappa shape index (κ2) is 8.20. The van der Waals surface area contributed by atoms with Crippen LogP contribution in [0, 0.1) is 11.3 Å². The van der Waals surface area contributed by atoms with Crippen LogP contribution in [0.15, 0.2) is 72.3 Å². The number of amides is 1. The fourth-order valence-electron chi connectivity index (χ4n) is 1.86. The number of anilines is 1. The first-order chi connectivity index (χ1) is 11.2. The van der Waals surface area contributed by atoms with Crippen molar-refractivity contribution in [3.8, 4) is 11.8 Å². The second-order valence-electron chi connectivity index (χ2n) is 4.64. The average Bonchev–Trinajstić information content (AvgIpc) is 2.60. The molecular formula is C19H16N2O2. The zero-order chi connectivity index (χ0) is 16.5.